The summed E-state index contributed by atoms with van der Waals surface area (Å²) in [6.45, 7) is 10.3. The first-order valence-corrected chi connectivity index (χ1v) is 9.19. The van der Waals surface area contributed by atoms with E-state index in [2.05, 4.69) is 76.2 Å². The van der Waals surface area contributed by atoms with Gasteiger partial charge in [-0.15, -0.1) is 0 Å². The van der Waals surface area contributed by atoms with Crippen LogP contribution in [0.1, 0.15) is 57.6 Å². The van der Waals surface area contributed by atoms with Gasteiger partial charge in [-0.1, -0.05) is 88.4 Å². The molecule has 0 heterocycles. The van der Waals surface area contributed by atoms with E-state index < -0.39 is 0 Å². The van der Waals surface area contributed by atoms with Crippen LogP contribution in [0.5, 0.6) is 0 Å². The number of benzene rings is 2. The van der Waals surface area contributed by atoms with E-state index in [0.717, 1.165) is 0 Å². The fourth-order valence-corrected chi connectivity index (χ4v) is 3.82. The van der Waals surface area contributed by atoms with Gasteiger partial charge in [0.2, 0.25) is 0 Å². The summed E-state index contributed by atoms with van der Waals surface area (Å²) in [7, 11) is 0. The molecule has 0 aromatic heterocycles. The molecule has 0 saturated carbocycles. The van der Waals surface area contributed by atoms with E-state index >= 15 is 0 Å². The predicted octanol–water partition coefficient (Wildman–Crippen LogP) is 5.80. The Labute approximate surface area is 152 Å². The van der Waals surface area contributed by atoms with Crippen molar-refractivity contribution in [3.8, 4) is 0 Å². The lowest BCUT2D eigenvalue weighted by molar-refractivity contribution is -0.150. The van der Waals surface area contributed by atoms with E-state index in [0.29, 0.717) is 11.8 Å². The van der Waals surface area contributed by atoms with Gasteiger partial charge in [-0.25, -0.2) is 0 Å². The van der Waals surface area contributed by atoms with E-state index in [-0.39, 0.29) is 23.9 Å². The summed E-state index contributed by atoms with van der Waals surface area (Å²) in [5.41, 5.74) is 2.45. The smallest absolute Gasteiger partial charge is 0.302 e. The molecule has 0 amide bonds. The maximum atomic E-state index is 11.9. The Morgan fingerprint density at radius 2 is 1.08 bits per heavy atom. The Morgan fingerprint density at radius 1 is 0.720 bits per heavy atom. The van der Waals surface area contributed by atoms with Crippen LogP contribution in [-0.2, 0) is 9.53 Å². The summed E-state index contributed by atoms with van der Waals surface area (Å²) in [6.07, 6.45) is -0.192. The standard InChI is InChI=1S/C23H30O2/c1-16(2)21(19-12-8-6-9-13-19)23(25-18(5)24)22(17(3)4)20-14-10-7-11-15-20/h6-17,21-23H,1-5H3. The second-order valence-corrected chi connectivity index (χ2v) is 7.44. The normalized spacial score (nSPS) is 15.0. The van der Waals surface area contributed by atoms with Gasteiger partial charge in [0.25, 0.3) is 0 Å². The minimum Gasteiger partial charge on any atom is -0.461 e. The highest BCUT2D eigenvalue weighted by Crippen LogP contribution is 2.41. The largest absolute Gasteiger partial charge is 0.461 e. The summed E-state index contributed by atoms with van der Waals surface area (Å²) >= 11 is 0. The Hall–Kier alpha value is -2.09. The van der Waals surface area contributed by atoms with Crippen LogP contribution in [0.2, 0.25) is 0 Å². The van der Waals surface area contributed by atoms with Gasteiger partial charge in [-0.3, -0.25) is 4.79 Å². The highest BCUT2D eigenvalue weighted by atomic mass is 16.5. The quantitative estimate of drug-likeness (QED) is 0.597. The molecule has 0 aliphatic carbocycles. The van der Waals surface area contributed by atoms with Crippen LogP contribution >= 0.6 is 0 Å². The lowest BCUT2D eigenvalue weighted by Crippen LogP contribution is -2.36. The van der Waals surface area contributed by atoms with Crippen LogP contribution in [0.15, 0.2) is 60.7 Å². The fourth-order valence-electron chi connectivity index (χ4n) is 3.82. The summed E-state index contributed by atoms with van der Waals surface area (Å²) in [5, 5.41) is 0. The van der Waals surface area contributed by atoms with E-state index in [1.807, 2.05) is 12.1 Å². The molecule has 2 nitrogen and oxygen atoms in total. The Kier molecular flexibility index (Phi) is 6.81. The molecule has 0 N–H and O–H groups in total. The van der Waals surface area contributed by atoms with Crippen molar-refractivity contribution in [1.29, 1.82) is 0 Å². The maximum Gasteiger partial charge on any atom is 0.302 e. The second-order valence-electron chi connectivity index (χ2n) is 7.44. The molecule has 0 saturated heterocycles. The molecule has 2 rings (SSSR count). The summed E-state index contributed by atoms with van der Waals surface area (Å²) < 4.78 is 5.97. The van der Waals surface area contributed by atoms with Gasteiger partial charge in [-0.05, 0) is 23.0 Å². The van der Waals surface area contributed by atoms with Gasteiger partial charge in [0, 0.05) is 18.8 Å². The van der Waals surface area contributed by atoms with Crippen LogP contribution in [0.4, 0.5) is 0 Å². The van der Waals surface area contributed by atoms with E-state index in [1.54, 1.807) is 0 Å². The molecule has 0 spiro atoms. The molecule has 2 aromatic carbocycles. The molecule has 2 heteroatoms. The monoisotopic (exact) mass is 338 g/mol. The minimum atomic E-state index is -0.215. The van der Waals surface area contributed by atoms with Crippen LogP contribution in [-0.4, -0.2) is 12.1 Å². The van der Waals surface area contributed by atoms with E-state index in [4.69, 9.17) is 4.74 Å². The third-order valence-corrected chi connectivity index (χ3v) is 4.82. The average molecular weight is 338 g/mol. The molecule has 2 aromatic rings. The predicted molar refractivity (Wildman–Crippen MR) is 104 cm³/mol. The number of esters is 1. The number of carbonyl (C=O) groups excluding carboxylic acids is 1. The molecule has 0 aliphatic rings. The first kappa shape index (κ1) is 19.2. The van der Waals surface area contributed by atoms with Gasteiger partial charge < -0.3 is 4.74 Å². The number of carbonyl (C=O) groups is 1. The lowest BCUT2D eigenvalue weighted by Gasteiger charge is -2.38. The van der Waals surface area contributed by atoms with Gasteiger partial charge in [0.05, 0.1) is 0 Å². The zero-order chi connectivity index (χ0) is 18.4. The van der Waals surface area contributed by atoms with Crippen molar-refractivity contribution >= 4 is 5.97 Å². The Balaban J connectivity index is 2.53. The highest BCUT2D eigenvalue weighted by molar-refractivity contribution is 5.66. The van der Waals surface area contributed by atoms with Crippen molar-refractivity contribution in [2.24, 2.45) is 11.8 Å². The van der Waals surface area contributed by atoms with Crippen LogP contribution in [0.25, 0.3) is 0 Å². The third kappa shape index (κ3) is 4.94. The summed E-state index contributed by atoms with van der Waals surface area (Å²) in [6, 6.07) is 20.9. The van der Waals surface area contributed by atoms with Crippen molar-refractivity contribution in [3.63, 3.8) is 0 Å². The van der Waals surface area contributed by atoms with Crippen LogP contribution < -0.4 is 0 Å². The molecule has 2 atom stereocenters. The zero-order valence-electron chi connectivity index (χ0n) is 16.0. The third-order valence-electron chi connectivity index (χ3n) is 4.82. The SMILES string of the molecule is CC(=O)OC(C(c1ccccc1)C(C)C)C(c1ccccc1)C(C)C. The average Bonchev–Trinajstić information content (AvgIpc) is 2.56. The van der Waals surface area contributed by atoms with Crippen molar-refractivity contribution in [2.75, 3.05) is 0 Å². The minimum absolute atomic E-state index is 0.151. The van der Waals surface area contributed by atoms with Gasteiger partial charge in [0.15, 0.2) is 0 Å². The lowest BCUT2D eigenvalue weighted by atomic mass is 9.73. The van der Waals surface area contributed by atoms with E-state index in [1.165, 1.54) is 18.1 Å². The molecule has 0 fully saturated rings. The molecule has 0 bridgehead atoms. The number of hydrogen-bond donors (Lipinski definition) is 0. The summed E-state index contributed by atoms with van der Waals surface area (Å²) in [5.74, 6) is 0.803. The van der Waals surface area contributed by atoms with Crippen molar-refractivity contribution in [3.05, 3.63) is 71.8 Å². The molecule has 0 radical (unpaired) electrons. The second kappa shape index (κ2) is 8.84. The maximum absolute atomic E-state index is 11.9. The van der Waals surface area contributed by atoms with E-state index in [9.17, 15) is 4.79 Å². The first-order valence-electron chi connectivity index (χ1n) is 9.19. The summed E-state index contributed by atoms with van der Waals surface area (Å²) in [4.78, 5) is 11.9. The van der Waals surface area contributed by atoms with Gasteiger partial charge in [0.1, 0.15) is 6.10 Å². The molecular weight excluding hydrogens is 308 g/mol. The van der Waals surface area contributed by atoms with Crippen molar-refractivity contribution in [2.45, 2.75) is 52.6 Å². The highest BCUT2D eigenvalue weighted by Gasteiger charge is 2.37. The molecule has 2 unspecified atom stereocenters. The van der Waals surface area contributed by atoms with Crippen LogP contribution in [0, 0.1) is 11.8 Å². The zero-order valence-corrected chi connectivity index (χ0v) is 16.0. The number of rotatable bonds is 7. The molecular formula is C23H30O2. The first-order chi connectivity index (χ1) is 11.9. The topological polar surface area (TPSA) is 26.3 Å². The Bertz CT molecular complexity index is 595. The Morgan fingerprint density at radius 3 is 1.36 bits per heavy atom. The number of ether oxygens (including phenoxy) is 1. The van der Waals surface area contributed by atoms with Crippen LogP contribution in [0.3, 0.4) is 0 Å². The molecule has 134 valence electrons. The van der Waals surface area contributed by atoms with Gasteiger partial charge in [-0.2, -0.15) is 0 Å². The van der Waals surface area contributed by atoms with Crippen molar-refractivity contribution in [1.82, 2.24) is 0 Å². The van der Waals surface area contributed by atoms with Crippen molar-refractivity contribution < 1.29 is 9.53 Å². The number of hydrogen-bond acceptors (Lipinski definition) is 2. The molecule has 0 aliphatic heterocycles. The van der Waals surface area contributed by atoms with Gasteiger partial charge >= 0.3 is 5.97 Å². The molecule has 25 heavy (non-hydrogen) atoms. The fraction of sp³-hybridized carbons (Fsp3) is 0.435.